The zero-order valence-corrected chi connectivity index (χ0v) is 11.6. The Morgan fingerprint density at radius 3 is 2.60 bits per heavy atom. The number of piperidine rings is 1. The Hall–Kier alpha value is -1.41. The van der Waals surface area contributed by atoms with Gasteiger partial charge in [-0.15, -0.1) is 0 Å². The van der Waals surface area contributed by atoms with Crippen LogP contribution in [-0.4, -0.2) is 37.0 Å². The van der Waals surface area contributed by atoms with Crippen LogP contribution >= 0.6 is 0 Å². The van der Waals surface area contributed by atoms with Crippen molar-refractivity contribution < 1.29 is 9.47 Å². The lowest BCUT2D eigenvalue weighted by Gasteiger charge is -2.38. The molecule has 0 saturated carbocycles. The second-order valence-corrected chi connectivity index (χ2v) is 5.45. The van der Waals surface area contributed by atoms with E-state index in [0.29, 0.717) is 24.8 Å². The summed E-state index contributed by atoms with van der Waals surface area (Å²) in [6.07, 6.45) is 3.56. The molecule has 20 heavy (non-hydrogen) atoms. The van der Waals surface area contributed by atoms with Gasteiger partial charge in [0.2, 0.25) is 0 Å². The summed E-state index contributed by atoms with van der Waals surface area (Å²) < 4.78 is 11.4. The highest BCUT2D eigenvalue weighted by Gasteiger charge is 2.33. The first-order valence-electron chi connectivity index (χ1n) is 7.33. The van der Waals surface area contributed by atoms with Crippen LogP contribution in [0.1, 0.15) is 30.4 Å². The zero-order chi connectivity index (χ0) is 13.8. The Morgan fingerprint density at radius 1 is 1.15 bits per heavy atom. The minimum Gasteiger partial charge on any atom is -0.349 e. The van der Waals surface area contributed by atoms with Gasteiger partial charge in [0.25, 0.3) is 0 Å². The first kappa shape index (κ1) is 13.6. The van der Waals surface area contributed by atoms with Crippen molar-refractivity contribution in [3.05, 3.63) is 35.4 Å². The van der Waals surface area contributed by atoms with E-state index in [1.54, 1.807) is 0 Å². The molecule has 0 N–H and O–H groups in total. The van der Waals surface area contributed by atoms with E-state index in [9.17, 15) is 0 Å². The van der Waals surface area contributed by atoms with Crippen molar-refractivity contribution in [1.29, 1.82) is 5.26 Å². The summed E-state index contributed by atoms with van der Waals surface area (Å²) in [6, 6.07) is 10.4. The summed E-state index contributed by atoms with van der Waals surface area (Å²) in [5.74, 6) is 0. The normalized spacial score (nSPS) is 24.6. The van der Waals surface area contributed by atoms with Crippen LogP contribution in [0.5, 0.6) is 0 Å². The van der Waals surface area contributed by atoms with Crippen molar-refractivity contribution in [2.24, 2.45) is 0 Å². The molecule has 0 radical (unpaired) electrons. The van der Waals surface area contributed by atoms with Crippen LogP contribution in [0.4, 0.5) is 0 Å². The fourth-order valence-corrected chi connectivity index (χ4v) is 3.04. The molecule has 1 unspecified atom stereocenters. The maximum Gasteiger partial charge on any atom is 0.173 e. The number of rotatable bonds is 3. The molecule has 2 aliphatic heterocycles. The maximum absolute atomic E-state index is 8.84. The lowest BCUT2D eigenvalue weighted by atomic mass is 10.0. The molecular weight excluding hydrogens is 252 g/mol. The van der Waals surface area contributed by atoms with Gasteiger partial charge in [0.05, 0.1) is 30.9 Å². The molecule has 0 bridgehead atoms. The highest BCUT2D eigenvalue weighted by Crippen LogP contribution is 2.25. The number of ether oxygens (including phenoxy) is 2. The summed E-state index contributed by atoms with van der Waals surface area (Å²) in [5, 5.41) is 8.84. The molecular formula is C16H20N2O2. The van der Waals surface area contributed by atoms with Crippen LogP contribution in [-0.2, 0) is 16.0 Å². The third-order valence-electron chi connectivity index (χ3n) is 4.09. The molecule has 1 aromatic carbocycles. The predicted octanol–water partition coefficient (Wildman–Crippen LogP) is 2.29. The van der Waals surface area contributed by atoms with E-state index in [2.05, 4.69) is 11.0 Å². The highest BCUT2D eigenvalue weighted by molar-refractivity contribution is 5.31. The standard InChI is InChI=1S/C16H20N2O2/c17-11-13-4-6-14(7-5-13)12-18-8-2-1-3-15(18)16-19-9-10-20-16/h4-7,15-16H,1-3,8-10,12H2. The average molecular weight is 272 g/mol. The maximum atomic E-state index is 8.84. The fraction of sp³-hybridized carbons (Fsp3) is 0.562. The van der Waals surface area contributed by atoms with Gasteiger partial charge in [-0.1, -0.05) is 18.6 Å². The monoisotopic (exact) mass is 272 g/mol. The van der Waals surface area contributed by atoms with Crippen molar-refractivity contribution in [3.8, 4) is 6.07 Å². The Kier molecular flexibility index (Phi) is 4.31. The van der Waals surface area contributed by atoms with E-state index in [1.807, 2.05) is 24.3 Å². The van der Waals surface area contributed by atoms with Gasteiger partial charge in [-0.2, -0.15) is 5.26 Å². The van der Waals surface area contributed by atoms with Crippen molar-refractivity contribution >= 4 is 0 Å². The molecule has 0 aromatic heterocycles. The molecule has 0 spiro atoms. The summed E-state index contributed by atoms with van der Waals surface area (Å²) in [5.41, 5.74) is 1.96. The second-order valence-electron chi connectivity index (χ2n) is 5.45. The molecule has 0 aliphatic carbocycles. The topological polar surface area (TPSA) is 45.5 Å². The van der Waals surface area contributed by atoms with Gasteiger partial charge in [-0.05, 0) is 37.1 Å². The van der Waals surface area contributed by atoms with Gasteiger partial charge in [0.1, 0.15) is 0 Å². The predicted molar refractivity (Wildman–Crippen MR) is 74.9 cm³/mol. The molecule has 4 nitrogen and oxygen atoms in total. The van der Waals surface area contributed by atoms with Crippen LogP contribution in [0.2, 0.25) is 0 Å². The first-order chi connectivity index (χ1) is 9.86. The first-order valence-corrected chi connectivity index (χ1v) is 7.33. The van der Waals surface area contributed by atoms with Gasteiger partial charge in [0.15, 0.2) is 6.29 Å². The molecule has 106 valence electrons. The van der Waals surface area contributed by atoms with Gasteiger partial charge >= 0.3 is 0 Å². The number of benzene rings is 1. The summed E-state index contributed by atoms with van der Waals surface area (Å²) >= 11 is 0. The second kappa shape index (κ2) is 6.36. The van der Waals surface area contributed by atoms with Crippen LogP contribution < -0.4 is 0 Å². The number of hydrogen-bond acceptors (Lipinski definition) is 4. The lowest BCUT2D eigenvalue weighted by molar-refractivity contribution is -0.111. The molecule has 2 heterocycles. The van der Waals surface area contributed by atoms with E-state index >= 15 is 0 Å². The molecule has 2 aliphatic rings. The van der Waals surface area contributed by atoms with Gasteiger partial charge in [-0.3, -0.25) is 4.90 Å². The van der Waals surface area contributed by atoms with Gasteiger partial charge in [-0.25, -0.2) is 0 Å². The molecule has 0 amide bonds. The zero-order valence-electron chi connectivity index (χ0n) is 11.6. The highest BCUT2D eigenvalue weighted by atomic mass is 16.7. The Labute approximate surface area is 119 Å². The Morgan fingerprint density at radius 2 is 1.90 bits per heavy atom. The molecule has 4 heteroatoms. The van der Waals surface area contributed by atoms with Crippen LogP contribution in [0.15, 0.2) is 24.3 Å². The van der Waals surface area contributed by atoms with E-state index < -0.39 is 0 Å². The van der Waals surface area contributed by atoms with Crippen LogP contribution in [0.25, 0.3) is 0 Å². The third kappa shape index (κ3) is 3.01. The molecule has 1 aromatic rings. The molecule has 2 saturated heterocycles. The summed E-state index contributed by atoms with van der Waals surface area (Å²) in [4.78, 5) is 2.46. The molecule has 2 fully saturated rings. The summed E-state index contributed by atoms with van der Waals surface area (Å²) in [7, 11) is 0. The lowest BCUT2D eigenvalue weighted by Crippen LogP contribution is -2.46. The van der Waals surface area contributed by atoms with E-state index in [0.717, 1.165) is 19.5 Å². The number of hydrogen-bond donors (Lipinski definition) is 0. The smallest absolute Gasteiger partial charge is 0.173 e. The molecule has 1 atom stereocenters. The molecule has 3 rings (SSSR count). The third-order valence-corrected chi connectivity index (χ3v) is 4.09. The van der Waals surface area contributed by atoms with Crippen molar-refractivity contribution in [2.45, 2.75) is 38.1 Å². The van der Waals surface area contributed by atoms with E-state index in [4.69, 9.17) is 14.7 Å². The van der Waals surface area contributed by atoms with E-state index in [1.165, 1.54) is 18.4 Å². The van der Waals surface area contributed by atoms with Crippen molar-refractivity contribution in [2.75, 3.05) is 19.8 Å². The number of nitrogens with zero attached hydrogens (tertiary/aromatic N) is 2. The minimum absolute atomic E-state index is 0.0614. The van der Waals surface area contributed by atoms with Crippen molar-refractivity contribution in [3.63, 3.8) is 0 Å². The van der Waals surface area contributed by atoms with Crippen molar-refractivity contribution in [1.82, 2.24) is 4.90 Å². The Bertz CT molecular complexity index is 474. The minimum atomic E-state index is -0.0614. The van der Waals surface area contributed by atoms with Gasteiger partial charge < -0.3 is 9.47 Å². The van der Waals surface area contributed by atoms with Gasteiger partial charge in [0, 0.05) is 6.54 Å². The fourth-order valence-electron chi connectivity index (χ4n) is 3.04. The van der Waals surface area contributed by atoms with Crippen LogP contribution in [0.3, 0.4) is 0 Å². The SMILES string of the molecule is N#Cc1ccc(CN2CCCCC2C2OCCO2)cc1. The quantitative estimate of drug-likeness (QED) is 0.847. The summed E-state index contributed by atoms with van der Waals surface area (Å²) in [6.45, 7) is 3.42. The largest absolute Gasteiger partial charge is 0.349 e. The van der Waals surface area contributed by atoms with Crippen LogP contribution in [0, 0.1) is 11.3 Å². The van der Waals surface area contributed by atoms with E-state index in [-0.39, 0.29) is 6.29 Å². The Balaban J connectivity index is 1.68. The average Bonchev–Trinajstić information content (AvgIpc) is 3.03. The number of nitriles is 1. The number of likely N-dealkylation sites (tertiary alicyclic amines) is 1.